The van der Waals surface area contributed by atoms with Gasteiger partial charge in [-0.05, 0) is 13.0 Å². The van der Waals surface area contributed by atoms with Gasteiger partial charge in [0.1, 0.15) is 6.04 Å². The molecular weight excluding hydrogens is 120 g/mol. The van der Waals surface area contributed by atoms with Gasteiger partial charge in [-0.3, -0.25) is 4.79 Å². The van der Waals surface area contributed by atoms with E-state index >= 15 is 0 Å². The van der Waals surface area contributed by atoms with E-state index in [1.807, 2.05) is 0 Å². The van der Waals surface area contributed by atoms with Gasteiger partial charge in [-0.1, -0.05) is 0 Å². The van der Waals surface area contributed by atoms with Crippen LogP contribution in [0.1, 0.15) is 6.42 Å². The maximum absolute atomic E-state index is 10.4. The van der Waals surface area contributed by atoms with Gasteiger partial charge in [0.05, 0.1) is 6.10 Å². The summed E-state index contributed by atoms with van der Waals surface area (Å²) in [6.45, 7) is 0.675. The third kappa shape index (κ3) is 1.20. The summed E-state index contributed by atoms with van der Waals surface area (Å²) in [5.74, 6) is -0.472. The smallest absolute Gasteiger partial charge is 0.237 e. The molecule has 0 aromatic rings. The first-order chi connectivity index (χ1) is 4.22. The number of hydrogen-bond acceptors (Lipinski definition) is 3. The van der Waals surface area contributed by atoms with Crippen LogP contribution in [0.3, 0.4) is 0 Å². The van der Waals surface area contributed by atoms with E-state index in [1.54, 1.807) is 0 Å². The van der Waals surface area contributed by atoms with Gasteiger partial charge in [0, 0.05) is 0 Å². The number of hydrogen-bond donors (Lipinski definition) is 3. The Hall–Kier alpha value is -0.610. The number of aliphatic hydroxyl groups excluding tert-OH is 1. The molecule has 1 heterocycles. The van der Waals surface area contributed by atoms with Crippen LogP contribution in [0.5, 0.6) is 0 Å². The van der Waals surface area contributed by atoms with Gasteiger partial charge < -0.3 is 16.2 Å². The second-order valence-electron chi connectivity index (χ2n) is 2.19. The summed E-state index contributed by atoms with van der Waals surface area (Å²) in [6, 6.07) is -0.523. The Kier molecular flexibility index (Phi) is 1.68. The van der Waals surface area contributed by atoms with Crippen molar-refractivity contribution in [2.45, 2.75) is 18.6 Å². The van der Waals surface area contributed by atoms with Crippen molar-refractivity contribution < 1.29 is 9.90 Å². The molecule has 4 N–H and O–H groups in total. The van der Waals surface area contributed by atoms with Crippen LogP contribution in [-0.2, 0) is 4.79 Å². The lowest BCUT2D eigenvalue weighted by molar-refractivity contribution is -0.121. The zero-order valence-electron chi connectivity index (χ0n) is 5.00. The number of carbonyl (C=O) groups excluding carboxylic acids is 1. The summed E-state index contributed by atoms with van der Waals surface area (Å²) in [5, 5.41) is 11.8. The number of amides is 1. The Balaban J connectivity index is 2.49. The largest absolute Gasteiger partial charge is 0.391 e. The van der Waals surface area contributed by atoms with E-state index in [4.69, 9.17) is 10.8 Å². The zero-order chi connectivity index (χ0) is 6.85. The molecule has 0 bridgehead atoms. The van der Waals surface area contributed by atoms with E-state index < -0.39 is 18.1 Å². The van der Waals surface area contributed by atoms with Gasteiger partial charge in [-0.2, -0.15) is 0 Å². The van der Waals surface area contributed by atoms with Crippen LogP contribution >= 0.6 is 0 Å². The van der Waals surface area contributed by atoms with Gasteiger partial charge in [-0.25, -0.2) is 0 Å². The second-order valence-corrected chi connectivity index (χ2v) is 2.19. The van der Waals surface area contributed by atoms with Crippen molar-refractivity contribution >= 4 is 5.91 Å². The van der Waals surface area contributed by atoms with Crippen molar-refractivity contribution in [3.05, 3.63) is 0 Å². The molecule has 0 aromatic heterocycles. The van der Waals surface area contributed by atoms with E-state index in [0.717, 1.165) is 0 Å². The average molecular weight is 130 g/mol. The maximum atomic E-state index is 10.4. The summed E-state index contributed by atoms with van der Waals surface area (Å²) < 4.78 is 0. The Morgan fingerprint density at radius 1 is 1.78 bits per heavy atom. The highest BCUT2D eigenvalue weighted by Gasteiger charge is 2.28. The summed E-state index contributed by atoms with van der Waals surface area (Å²) in [7, 11) is 0. The summed E-state index contributed by atoms with van der Waals surface area (Å²) >= 11 is 0. The Labute approximate surface area is 53.0 Å². The average Bonchev–Trinajstić information content (AvgIpc) is 2.13. The summed E-state index contributed by atoms with van der Waals surface area (Å²) in [5.41, 5.74) is 4.93. The predicted molar refractivity (Wildman–Crippen MR) is 31.6 cm³/mol. The second kappa shape index (κ2) is 2.33. The van der Waals surface area contributed by atoms with E-state index in [0.29, 0.717) is 13.0 Å². The molecule has 4 nitrogen and oxygen atoms in total. The molecule has 1 aliphatic heterocycles. The quantitative estimate of drug-likeness (QED) is 0.392. The minimum atomic E-state index is -0.581. The van der Waals surface area contributed by atoms with Gasteiger partial charge in [-0.15, -0.1) is 0 Å². The Morgan fingerprint density at radius 3 is 2.67 bits per heavy atom. The molecule has 1 amide bonds. The van der Waals surface area contributed by atoms with Crippen molar-refractivity contribution in [2.24, 2.45) is 5.73 Å². The Morgan fingerprint density at radius 2 is 2.44 bits per heavy atom. The lowest BCUT2D eigenvalue weighted by atomic mass is 10.2. The van der Waals surface area contributed by atoms with Crippen LogP contribution in [0.25, 0.3) is 0 Å². The van der Waals surface area contributed by atoms with Crippen LogP contribution in [-0.4, -0.2) is 29.7 Å². The lowest BCUT2D eigenvalue weighted by Crippen LogP contribution is -2.42. The van der Waals surface area contributed by atoms with Crippen LogP contribution in [0.2, 0.25) is 0 Å². The summed E-state index contributed by atoms with van der Waals surface area (Å²) in [6.07, 6.45) is 0.0376. The summed E-state index contributed by atoms with van der Waals surface area (Å²) in [4.78, 5) is 10.4. The molecule has 0 aliphatic carbocycles. The first-order valence-electron chi connectivity index (χ1n) is 2.92. The number of carbonyl (C=O) groups is 1. The highest BCUT2D eigenvalue weighted by Crippen LogP contribution is 2.04. The van der Waals surface area contributed by atoms with Crippen molar-refractivity contribution in [1.82, 2.24) is 5.32 Å². The molecule has 9 heavy (non-hydrogen) atoms. The molecule has 0 aromatic carbocycles. The van der Waals surface area contributed by atoms with E-state index in [9.17, 15) is 4.79 Å². The molecular formula is C5H10N2O2. The molecule has 1 fully saturated rings. The number of rotatable bonds is 1. The molecule has 0 unspecified atom stereocenters. The van der Waals surface area contributed by atoms with E-state index in [1.165, 1.54) is 0 Å². The van der Waals surface area contributed by atoms with Crippen molar-refractivity contribution in [3.8, 4) is 0 Å². The molecule has 0 spiro atoms. The van der Waals surface area contributed by atoms with Gasteiger partial charge in [0.15, 0.2) is 0 Å². The molecule has 2 atom stereocenters. The third-order valence-corrected chi connectivity index (χ3v) is 1.50. The highest BCUT2D eigenvalue weighted by atomic mass is 16.3. The van der Waals surface area contributed by atoms with Gasteiger partial charge in [0.25, 0.3) is 0 Å². The molecule has 1 aliphatic rings. The molecule has 52 valence electrons. The van der Waals surface area contributed by atoms with Crippen molar-refractivity contribution in [3.63, 3.8) is 0 Å². The standard InChI is InChI=1S/C5H10N2O2/c6-5(9)4-3(8)1-2-7-4/h3-4,7-8H,1-2H2,(H2,6,9)/t3-,4+/m0/s1. The SMILES string of the molecule is NC(=O)[C@@H]1NCC[C@@H]1O. The first-order valence-corrected chi connectivity index (χ1v) is 2.92. The molecule has 4 heteroatoms. The van der Waals surface area contributed by atoms with Gasteiger partial charge in [0.2, 0.25) is 5.91 Å². The van der Waals surface area contributed by atoms with Crippen LogP contribution in [0.4, 0.5) is 0 Å². The predicted octanol–water partition coefficient (Wildman–Crippen LogP) is -1.81. The van der Waals surface area contributed by atoms with Crippen molar-refractivity contribution in [1.29, 1.82) is 0 Å². The number of nitrogens with two attached hydrogens (primary N) is 1. The fourth-order valence-corrected chi connectivity index (χ4v) is 0.980. The molecule has 0 saturated carbocycles. The van der Waals surface area contributed by atoms with Crippen LogP contribution in [0, 0.1) is 0 Å². The Bertz CT molecular complexity index is 126. The monoisotopic (exact) mass is 130 g/mol. The van der Waals surface area contributed by atoms with Gasteiger partial charge >= 0.3 is 0 Å². The topological polar surface area (TPSA) is 75.4 Å². The van der Waals surface area contributed by atoms with Crippen LogP contribution < -0.4 is 11.1 Å². The maximum Gasteiger partial charge on any atom is 0.237 e. The lowest BCUT2D eigenvalue weighted by Gasteiger charge is -2.08. The minimum absolute atomic E-state index is 0.472. The number of nitrogens with one attached hydrogen (secondary N) is 1. The van der Waals surface area contributed by atoms with Crippen LogP contribution in [0.15, 0.2) is 0 Å². The van der Waals surface area contributed by atoms with E-state index in [2.05, 4.69) is 5.32 Å². The zero-order valence-corrected chi connectivity index (χ0v) is 5.00. The molecule has 1 rings (SSSR count). The molecule has 1 saturated heterocycles. The van der Waals surface area contributed by atoms with E-state index in [-0.39, 0.29) is 0 Å². The fourth-order valence-electron chi connectivity index (χ4n) is 0.980. The number of aliphatic hydroxyl groups is 1. The first kappa shape index (κ1) is 6.51. The molecule has 0 radical (unpaired) electrons. The van der Waals surface area contributed by atoms with Crippen molar-refractivity contribution in [2.75, 3.05) is 6.54 Å². The minimum Gasteiger partial charge on any atom is -0.391 e. The third-order valence-electron chi connectivity index (χ3n) is 1.50. The normalized spacial score (nSPS) is 34.8. The number of primary amides is 1. The highest BCUT2D eigenvalue weighted by molar-refractivity contribution is 5.80. The fraction of sp³-hybridized carbons (Fsp3) is 0.800.